The second-order valence-electron chi connectivity index (χ2n) is 4.44. The molecule has 1 aromatic heterocycles. The van der Waals surface area contributed by atoms with Gasteiger partial charge in [-0.1, -0.05) is 11.6 Å². The predicted octanol–water partition coefficient (Wildman–Crippen LogP) is 1.10. The predicted molar refractivity (Wildman–Crippen MR) is 72.3 cm³/mol. The molecule has 1 aromatic rings. The lowest BCUT2D eigenvalue weighted by Crippen LogP contribution is -2.47. The Labute approximate surface area is 117 Å². The molecule has 0 aliphatic carbocycles. The molecule has 1 saturated heterocycles. The molecule has 1 aliphatic rings. The van der Waals surface area contributed by atoms with E-state index < -0.39 is 0 Å². The molecule has 0 saturated carbocycles. The van der Waals surface area contributed by atoms with Gasteiger partial charge in [-0.25, -0.2) is 9.97 Å². The van der Waals surface area contributed by atoms with Crippen molar-refractivity contribution in [3.63, 3.8) is 0 Å². The number of ether oxygens (including phenoxy) is 1. The van der Waals surface area contributed by atoms with E-state index in [0.29, 0.717) is 37.3 Å². The summed E-state index contributed by atoms with van der Waals surface area (Å²) < 4.78 is 5.23. The Morgan fingerprint density at radius 1 is 1.47 bits per heavy atom. The van der Waals surface area contributed by atoms with E-state index >= 15 is 0 Å². The number of carbonyl (C=O) groups excluding carboxylic acids is 1. The van der Waals surface area contributed by atoms with E-state index in [2.05, 4.69) is 15.3 Å². The lowest BCUT2D eigenvalue weighted by atomic mass is 10.2. The van der Waals surface area contributed by atoms with Crippen molar-refractivity contribution in [2.45, 2.75) is 19.9 Å². The van der Waals surface area contributed by atoms with Crippen LogP contribution in [0.3, 0.4) is 0 Å². The quantitative estimate of drug-likeness (QED) is 0.842. The number of nitrogens with one attached hydrogen (secondary N) is 1. The summed E-state index contributed by atoms with van der Waals surface area (Å²) in [6, 6.07) is -0.359. The number of amides is 1. The van der Waals surface area contributed by atoms with Crippen LogP contribution in [0.15, 0.2) is 6.33 Å². The maximum Gasteiger partial charge on any atom is 0.244 e. The lowest BCUT2D eigenvalue weighted by molar-refractivity contribution is -0.135. The van der Waals surface area contributed by atoms with Crippen LogP contribution >= 0.6 is 11.6 Å². The van der Waals surface area contributed by atoms with Crippen molar-refractivity contribution in [2.24, 2.45) is 0 Å². The lowest BCUT2D eigenvalue weighted by Gasteiger charge is -2.29. The minimum absolute atomic E-state index is 0.0393. The number of hydrogen-bond acceptors (Lipinski definition) is 5. The number of anilines is 1. The van der Waals surface area contributed by atoms with Crippen molar-refractivity contribution < 1.29 is 9.53 Å². The number of rotatable bonds is 3. The molecule has 1 amide bonds. The average molecular weight is 285 g/mol. The van der Waals surface area contributed by atoms with E-state index in [-0.39, 0.29) is 11.9 Å². The highest BCUT2D eigenvalue weighted by Gasteiger charge is 2.23. The average Bonchev–Trinajstić information content (AvgIpc) is 2.44. The molecular weight excluding hydrogens is 268 g/mol. The topological polar surface area (TPSA) is 67.4 Å². The van der Waals surface area contributed by atoms with Crippen molar-refractivity contribution in [2.75, 3.05) is 31.6 Å². The molecule has 7 heteroatoms. The van der Waals surface area contributed by atoms with Crippen LogP contribution < -0.4 is 5.32 Å². The Morgan fingerprint density at radius 2 is 2.16 bits per heavy atom. The second kappa shape index (κ2) is 6.16. The van der Waals surface area contributed by atoms with Gasteiger partial charge in [-0.2, -0.15) is 0 Å². The van der Waals surface area contributed by atoms with Gasteiger partial charge in [-0.15, -0.1) is 0 Å². The van der Waals surface area contributed by atoms with Gasteiger partial charge in [-0.05, 0) is 13.8 Å². The number of nitrogens with zero attached hydrogens (tertiary/aromatic N) is 3. The number of morpholine rings is 1. The summed E-state index contributed by atoms with van der Waals surface area (Å²) in [6.45, 7) is 6.08. The van der Waals surface area contributed by atoms with Crippen molar-refractivity contribution in [1.82, 2.24) is 14.9 Å². The summed E-state index contributed by atoms with van der Waals surface area (Å²) in [5.74, 6) is 0.631. The minimum atomic E-state index is -0.359. The van der Waals surface area contributed by atoms with Crippen molar-refractivity contribution in [3.05, 3.63) is 17.0 Å². The molecule has 6 nitrogen and oxygen atoms in total. The minimum Gasteiger partial charge on any atom is -0.378 e. The normalized spacial score (nSPS) is 17.1. The van der Waals surface area contributed by atoms with Crippen LogP contribution in [0.25, 0.3) is 0 Å². The molecule has 1 unspecified atom stereocenters. The highest BCUT2D eigenvalue weighted by molar-refractivity contribution is 6.30. The first kappa shape index (κ1) is 14.0. The van der Waals surface area contributed by atoms with Gasteiger partial charge in [0.1, 0.15) is 23.3 Å². The van der Waals surface area contributed by atoms with Crippen LogP contribution in [0.5, 0.6) is 0 Å². The number of aromatic nitrogens is 2. The Bertz CT molecular complexity index is 463. The van der Waals surface area contributed by atoms with Gasteiger partial charge < -0.3 is 15.0 Å². The van der Waals surface area contributed by atoms with Gasteiger partial charge >= 0.3 is 0 Å². The maximum absolute atomic E-state index is 12.2. The Hall–Kier alpha value is -1.40. The van der Waals surface area contributed by atoms with E-state index in [9.17, 15) is 4.79 Å². The highest BCUT2D eigenvalue weighted by Crippen LogP contribution is 2.18. The molecule has 1 N–H and O–H groups in total. The van der Waals surface area contributed by atoms with Crippen LogP contribution in [0, 0.1) is 6.92 Å². The van der Waals surface area contributed by atoms with Crippen LogP contribution in [-0.2, 0) is 9.53 Å². The first-order valence-corrected chi connectivity index (χ1v) is 6.57. The second-order valence-corrected chi connectivity index (χ2v) is 4.80. The summed E-state index contributed by atoms with van der Waals surface area (Å²) in [5.41, 5.74) is 0.741. The Balaban J connectivity index is 2.01. The first-order chi connectivity index (χ1) is 9.09. The van der Waals surface area contributed by atoms with Crippen molar-refractivity contribution in [1.29, 1.82) is 0 Å². The van der Waals surface area contributed by atoms with Gasteiger partial charge in [0, 0.05) is 18.7 Å². The zero-order valence-electron chi connectivity index (χ0n) is 11.0. The molecule has 19 heavy (non-hydrogen) atoms. The van der Waals surface area contributed by atoms with Gasteiger partial charge in [-0.3, -0.25) is 4.79 Å². The van der Waals surface area contributed by atoms with E-state index in [1.54, 1.807) is 4.90 Å². The fourth-order valence-electron chi connectivity index (χ4n) is 1.90. The molecular formula is C12H17ClN4O2. The fourth-order valence-corrected chi connectivity index (χ4v) is 2.03. The summed E-state index contributed by atoms with van der Waals surface area (Å²) in [4.78, 5) is 22.0. The van der Waals surface area contributed by atoms with Gasteiger partial charge in [0.2, 0.25) is 5.91 Å². The van der Waals surface area contributed by atoms with E-state index in [0.717, 1.165) is 5.56 Å². The largest absolute Gasteiger partial charge is 0.378 e. The van der Waals surface area contributed by atoms with Gasteiger partial charge in [0.15, 0.2) is 0 Å². The summed E-state index contributed by atoms with van der Waals surface area (Å²) in [7, 11) is 0. The first-order valence-electron chi connectivity index (χ1n) is 6.19. The molecule has 0 spiro atoms. The van der Waals surface area contributed by atoms with Crippen LogP contribution in [0.2, 0.25) is 5.15 Å². The summed E-state index contributed by atoms with van der Waals surface area (Å²) in [6.07, 6.45) is 1.38. The third kappa shape index (κ3) is 3.33. The smallest absolute Gasteiger partial charge is 0.244 e. The van der Waals surface area contributed by atoms with E-state index in [1.807, 2.05) is 13.8 Å². The van der Waals surface area contributed by atoms with Gasteiger partial charge in [0.25, 0.3) is 0 Å². The Kier molecular flexibility index (Phi) is 4.55. The fraction of sp³-hybridized carbons (Fsp3) is 0.583. The van der Waals surface area contributed by atoms with Crippen LogP contribution in [-0.4, -0.2) is 53.1 Å². The summed E-state index contributed by atoms with van der Waals surface area (Å²) >= 11 is 5.92. The molecule has 1 fully saturated rings. The number of halogens is 1. The summed E-state index contributed by atoms with van der Waals surface area (Å²) in [5, 5.41) is 3.47. The zero-order chi connectivity index (χ0) is 13.8. The Morgan fingerprint density at radius 3 is 2.84 bits per heavy atom. The highest BCUT2D eigenvalue weighted by atomic mass is 35.5. The zero-order valence-corrected chi connectivity index (χ0v) is 11.8. The van der Waals surface area contributed by atoms with Crippen molar-refractivity contribution in [3.8, 4) is 0 Å². The van der Waals surface area contributed by atoms with E-state index in [1.165, 1.54) is 6.33 Å². The van der Waals surface area contributed by atoms with Crippen molar-refractivity contribution >= 4 is 23.3 Å². The van der Waals surface area contributed by atoms with Gasteiger partial charge in [0.05, 0.1) is 13.2 Å². The standard InChI is InChI=1S/C12H17ClN4O2/c1-8-10(13)14-7-15-11(8)16-9(2)12(18)17-3-5-19-6-4-17/h7,9H,3-6H2,1-2H3,(H,14,15,16). The monoisotopic (exact) mass is 284 g/mol. The molecule has 2 heterocycles. The molecule has 0 radical (unpaired) electrons. The SMILES string of the molecule is Cc1c(Cl)ncnc1NC(C)C(=O)N1CCOCC1. The van der Waals surface area contributed by atoms with Crippen LogP contribution in [0.4, 0.5) is 5.82 Å². The molecule has 1 aliphatic heterocycles. The van der Waals surface area contributed by atoms with Crippen LogP contribution in [0.1, 0.15) is 12.5 Å². The number of carbonyl (C=O) groups is 1. The third-order valence-electron chi connectivity index (χ3n) is 3.07. The molecule has 1 atom stereocenters. The molecule has 0 bridgehead atoms. The maximum atomic E-state index is 12.2. The molecule has 104 valence electrons. The third-order valence-corrected chi connectivity index (χ3v) is 3.45. The number of hydrogen-bond donors (Lipinski definition) is 1. The molecule has 2 rings (SSSR count). The van der Waals surface area contributed by atoms with E-state index in [4.69, 9.17) is 16.3 Å². The molecule has 0 aromatic carbocycles.